The van der Waals surface area contributed by atoms with Gasteiger partial charge in [0.15, 0.2) is 0 Å². The molecule has 114 valence electrons. The maximum absolute atomic E-state index is 12.1. The van der Waals surface area contributed by atoms with Crippen LogP contribution in [-0.4, -0.2) is 60.0 Å². The molecule has 1 unspecified atom stereocenters. The van der Waals surface area contributed by atoms with Crippen LogP contribution in [0.5, 0.6) is 0 Å². The molecular formula is C14H25N3O2S. The van der Waals surface area contributed by atoms with Crippen LogP contribution in [-0.2, 0) is 4.74 Å². The highest BCUT2D eigenvalue weighted by Crippen LogP contribution is 2.21. The van der Waals surface area contributed by atoms with Crippen LogP contribution in [0.15, 0.2) is 4.99 Å². The van der Waals surface area contributed by atoms with E-state index in [2.05, 4.69) is 4.99 Å². The number of rotatable bonds is 2. The summed E-state index contributed by atoms with van der Waals surface area (Å²) in [7, 11) is 3.81. The summed E-state index contributed by atoms with van der Waals surface area (Å²) in [5, 5.41) is 0. The van der Waals surface area contributed by atoms with Crippen LogP contribution >= 0.6 is 12.2 Å². The summed E-state index contributed by atoms with van der Waals surface area (Å²) in [6.45, 7) is 6.94. The third-order valence-corrected chi connectivity index (χ3v) is 3.28. The number of amides is 1. The van der Waals surface area contributed by atoms with Gasteiger partial charge in [0, 0.05) is 33.1 Å². The molecule has 0 aliphatic carbocycles. The highest BCUT2D eigenvalue weighted by Gasteiger charge is 2.29. The lowest BCUT2D eigenvalue weighted by Gasteiger charge is -2.33. The molecule has 1 aliphatic rings. The Morgan fingerprint density at radius 2 is 2.10 bits per heavy atom. The molecule has 0 N–H and O–H groups in total. The van der Waals surface area contributed by atoms with Gasteiger partial charge in [-0.2, -0.15) is 0 Å². The Kier molecular flexibility index (Phi) is 5.92. The highest BCUT2D eigenvalue weighted by molar-refractivity contribution is 7.80. The van der Waals surface area contributed by atoms with E-state index in [1.165, 1.54) is 0 Å². The van der Waals surface area contributed by atoms with E-state index in [0.29, 0.717) is 11.5 Å². The summed E-state index contributed by atoms with van der Waals surface area (Å²) in [6.07, 6.45) is 3.35. The summed E-state index contributed by atoms with van der Waals surface area (Å²) >= 11 is 5.34. The number of hydrogen-bond acceptors (Lipinski definition) is 3. The molecule has 1 rings (SSSR count). The fourth-order valence-corrected chi connectivity index (χ4v) is 2.19. The van der Waals surface area contributed by atoms with Crippen molar-refractivity contribution in [3.63, 3.8) is 0 Å². The van der Waals surface area contributed by atoms with Gasteiger partial charge < -0.3 is 14.5 Å². The van der Waals surface area contributed by atoms with E-state index in [0.717, 1.165) is 19.4 Å². The number of aliphatic imine (C=N–C) groups is 1. The average Bonchev–Trinajstić information content (AvgIpc) is 2.34. The summed E-state index contributed by atoms with van der Waals surface area (Å²) in [6, 6.07) is 0. The average molecular weight is 299 g/mol. The number of ether oxygens (including phenoxy) is 1. The maximum atomic E-state index is 12.1. The maximum Gasteiger partial charge on any atom is 0.410 e. The van der Waals surface area contributed by atoms with Crippen molar-refractivity contribution in [3.05, 3.63) is 0 Å². The summed E-state index contributed by atoms with van der Waals surface area (Å²) in [4.78, 5) is 20.6. The largest absolute Gasteiger partial charge is 0.444 e. The molecule has 1 atom stereocenters. The zero-order valence-corrected chi connectivity index (χ0v) is 13.9. The number of thiocarbonyl (C=S) groups is 1. The Balaban J connectivity index is 2.58. The van der Waals surface area contributed by atoms with Crippen LogP contribution in [0.1, 0.15) is 33.6 Å². The SMILES string of the molecule is CN(C)C=NC(=S)C1CCCN(C(=O)OC(C)(C)C)C1. The van der Waals surface area contributed by atoms with E-state index in [-0.39, 0.29) is 12.0 Å². The van der Waals surface area contributed by atoms with Crippen LogP contribution < -0.4 is 0 Å². The van der Waals surface area contributed by atoms with Crippen molar-refractivity contribution in [1.29, 1.82) is 0 Å². The van der Waals surface area contributed by atoms with Crippen molar-refractivity contribution >= 4 is 29.6 Å². The van der Waals surface area contributed by atoms with E-state index < -0.39 is 5.60 Å². The second-order valence-electron chi connectivity index (χ2n) is 6.31. The van der Waals surface area contributed by atoms with E-state index in [1.807, 2.05) is 39.8 Å². The van der Waals surface area contributed by atoms with Crippen LogP contribution in [0.2, 0.25) is 0 Å². The molecule has 20 heavy (non-hydrogen) atoms. The molecule has 1 fully saturated rings. The third kappa shape index (κ3) is 5.86. The lowest BCUT2D eigenvalue weighted by atomic mass is 9.98. The van der Waals surface area contributed by atoms with Gasteiger partial charge in [0.05, 0.1) is 6.34 Å². The first-order valence-electron chi connectivity index (χ1n) is 6.91. The van der Waals surface area contributed by atoms with Gasteiger partial charge in [-0.3, -0.25) is 0 Å². The van der Waals surface area contributed by atoms with Crippen molar-refractivity contribution in [2.24, 2.45) is 10.9 Å². The topological polar surface area (TPSA) is 45.1 Å². The first-order valence-corrected chi connectivity index (χ1v) is 7.32. The van der Waals surface area contributed by atoms with Crippen LogP contribution in [0, 0.1) is 5.92 Å². The number of carbonyl (C=O) groups is 1. The lowest BCUT2D eigenvalue weighted by Crippen LogP contribution is -2.44. The molecule has 5 nitrogen and oxygen atoms in total. The van der Waals surface area contributed by atoms with Gasteiger partial charge in [0.2, 0.25) is 0 Å². The third-order valence-electron chi connectivity index (χ3n) is 2.84. The van der Waals surface area contributed by atoms with Gasteiger partial charge >= 0.3 is 6.09 Å². The van der Waals surface area contributed by atoms with E-state index in [9.17, 15) is 4.79 Å². The number of carbonyl (C=O) groups excluding carboxylic acids is 1. The molecule has 0 spiro atoms. The molecule has 0 aromatic carbocycles. The Morgan fingerprint density at radius 3 is 2.65 bits per heavy atom. The highest BCUT2D eigenvalue weighted by atomic mass is 32.1. The molecule has 0 bridgehead atoms. The van der Waals surface area contributed by atoms with Gasteiger partial charge in [0.1, 0.15) is 10.6 Å². The van der Waals surface area contributed by atoms with Crippen LogP contribution in [0.3, 0.4) is 0 Å². The molecule has 0 aromatic rings. The Hall–Kier alpha value is -1.17. The predicted octanol–water partition coefficient (Wildman–Crippen LogP) is 2.55. The van der Waals surface area contributed by atoms with Crippen molar-refractivity contribution in [2.45, 2.75) is 39.2 Å². The molecule has 1 aliphatic heterocycles. The smallest absolute Gasteiger partial charge is 0.410 e. The summed E-state index contributed by atoms with van der Waals surface area (Å²) < 4.78 is 5.40. The second-order valence-corrected chi connectivity index (χ2v) is 6.73. The van der Waals surface area contributed by atoms with Crippen molar-refractivity contribution in [1.82, 2.24) is 9.80 Å². The van der Waals surface area contributed by atoms with Gasteiger partial charge in [0.25, 0.3) is 0 Å². The molecule has 0 radical (unpaired) electrons. The number of nitrogens with zero attached hydrogens (tertiary/aromatic N) is 3. The minimum absolute atomic E-state index is 0.141. The predicted molar refractivity (Wildman–Crippen MR) is 85.3 cm³/mol. The number of likely N-dealkylation sites (tertiary alicyclic amines) is 1. The molecule has 6 heteroatoms. The Labute approximate surface area is 127 Å². The first-order chi connectivity index (χ1) is 9.19. The monoisotopic (exact) mass is 299 g/mol. The van der Waals surface area contributed by atoms with E-state index >= 15 is 0 Å². The van der Waals surface area contributed by atoms with Gasteiger partial charge in [-0.1, -0.05) is 12.2 Å². The molecule has 1 amide bonds. The fraction of sp³-hybridized carbons (Fsp3) is 0.786. The lowest BCUT2D eigenvalue weighted by molar-refractivity contribution is 0.0194. The van der Waals surface area contributed by atoms with Gasteiger partial charge in [-0.25, -0.2) is 9.79 Å². The van der Waals surface area contributed by atoms with E-state index in [4.69, 9.17) is 17.0 Å². The summed E-state index contributed by atoms with van der Waals surface area (Å²) in [5.74, 6) is 0.141. The van der Waals surface area contributed by atoms with Crippen molar-refractivity contribution in [3.8, 4) is 0 Å². The fourth-order valence-electron chi connectivity index (χ4n) is 1.95. The summed E-state index contributed by atoms with van der Waals surface area (Å²) in [5.41, 5.74) is -0.465. The zero-order chi connectivity index (χ0) is 15.3. The molecule has 1 saturated heterocycles. The molecule has 0 aromatic heterocycles. The van der Waals surface area contributed by atoms with E-state index in [1.54, 1.807) is 11.2 Å². The first kappa shape index (κ1) is 16.9. The van der Waals surface area contributed by atoms with Crippen LogP contribution in [0.4, 0.5) is 4.79 Å². The van der Waals surface area contributed by atoms with Gasteiger partial charge in [-0.05, 0) is 33.6 Å². The minimum atomic E-state index is -0.465. The zero-order valence-electron chi connectivity index (χ0n) is 13.0. The normalized spacial score (nSPS) is 20.1. The van der Waals surface area contributed by atoms with Crippen molar-refractivity contribution < 1.29 is 9.53 Å². The quantitative estimate of drug-likeness (QED) is 0.446. The number of hydrogen-bond donors (Lipinski definition) is 0. The number of piperidine rings is 1. The minimum Gasteiger partial charge on any atom is -0.444 e. The second kappa shape index (κ2) is 7.02. The van der Waals surface area contributed by atoms with Gasteiger partial charge in [-0.15, -0.1) is 0 Å². The Bertz CT molecular complexity index is 388. The molecular weight excluding hydrogens is 274 g/mol. The molecule has 0 saturated carbocycles. The standard InChI is InChI=1S/C14H25N3O2S/c1-14(2,3)19-13(18)17-8-6-7-11(9-17)12(20)15-10-16(4)5/h10-11H,6-9H2,1-5H3. The Morgan fingerprint density at radius 1 is 1.45 bits per heavy atom. The molecule has 1 heterocycles. The van der Waals surface area contributed by atoms with Crippen LogP contribution in [0.25, 0.3) is 0 Å². The van der Waals surface area contributed by atoms with Crippen molar-refractivity contribution in [2.75, 3.05) is 27.2 Å².